The smallest absolute Gasteiger partial charge is 0 e. The maximum atomic E-state index is 5.19. The Balaban J connectivity index is -0.000000180. The van der Waals surface area contributed by atoms with Gasteiger partial charge < -0.3 is 0 Å². The Bertz CT molecular complexity index is 46.2. The van der Waals surface area contributed by atoms with E-state index < -0.39 is 6.39 Å². The molecule has 8 heteroatoms. The van der Waals surface area contributed by atoms with E-state index in [0.29, 0.717) is 0 Å². The van der Waals surface area contributed by atoms with Crippen LogP contribution in [0.25, 0.3) is 0 Å². The van der Waals surface area contributed by atoms with Gasteiger partial charge in [0.1, 0.15) is 0 Å². The van der Waals surface area contributed by atoms with Gasteiger partial charge in [0, 0.05) is 83.5 Å². The number of hydrogen-bond donors (Lipinski definition) is 0. The Morgan fingerprint density at radius 2 is 1.44 bits per heavy atom. The molecular weight excluding hydrogens is 177 g/mol. The molecule has 0 saturated heterocycles. The minimum atomic E-state index is -0.537. The summed E-state index contributed by atoms with van der Waals surface area (Å²) < 4.78 is 0. The number of hydrogen-bond acceptors (Lipinski definition) is 0. The standard InChI is InChI=1S/CH4.B7.Y/c;1-5-7(4)6(2)3;/h1H4;;. The summed E-state index contributed by atoms with van der Waals surface area (Å²) in [5.74, 6) is 0. The fraction of sp³-hybridized carbons (Fsp3) is 1.00. The fourth-order valence-electron chi connectivity index (χ4n) is 0.128. The molecule has 0 aromatic rings. The van der Waals surface area contributed by atoms with Crippen LogP contribution in [-0.2, 0) is 32.7 Å². The minimum absolute atomic E-state index is 0. The van der Waals surface area contributed by atoms with E-state index in [-0.39, 0.29) is 46.5 Å². The summed E-state index contributed by atoms with van der Waals surface area (Å²) in [7, 11) is 21.6. The Kier molecular flexibility index (Phi) is 17.9. The van der Waals surface area contributed by atoms with Crippen molar-refractivity contribution in [2.45, 2.75) is 7.43 Å². The van der Waals surface area contributed by atoms with E-state index in [1.807, 2.05) is 0 Å². The number of rotatable bonds is 2. The van der Waals surface area contributed by atoms with Crippen LogP contribution in [0.2, 0.25) is 0 Å². The molecule has 0 aliphatic rings. The van der Waals surface area contributed by atoms with Crippen LogP contribution in [0, 0.1) is 0 Å². The summed E-state index contributed by atoms with van der Waals surface area (Å²) >= 11 is 0. The topological polar surface area (TPSA) is 0 Å². The Morgan fingerprint density at radius 3 is 1.44 bits per heavy atom. The van der Waals surface area contributed by atoms with Gasteiger partial charge in [0.25, 0.3) is 0 Å². The first kappa shape index (κ1) is 16.9. The van der Waals surface area contributed by atoms with Crippen molar-refractivity contribution >= 4 is 50.8 Å². The van der Waals surface area contributed by atoms with Crippen LogP contribution in [0.4, 0.5) is 0 Å². The summed E-state index contributed by atoms with van der Waals surface area (Å²) in [4.78, 5) is 0. The van der Waals surface area contributed by atoms with Gasteiger partial charge in [-0.1, -0.05) is 7.43 Å². The van der Waals surface area contributed by atoms with E-state index in [1.165, 1.54) is 7.06 Å². The van der Waals surface area contributed by atoms with Crippen LogP contribution < -0.4 is 0 Å². The molecule has 0 aromatic heterocycles. The van der Waals surface area contributed by atoms with E-state index in [2.05, 4.69) is 0 Å². The molecule has 0 saturated carbocycles. The van der Waals surface area contributed by atoms with E-state index in [9.17, 15) is 0 Å². The van der Waals surface area contributed by atoms with Crippen LogP contribution in [0.5, 0.6) is 0 Å². The van der Waals surface area contributed by atoms with Gasteiger partial charge in [-0.2, -0.15) is 0 Å². The molecule has 0 unspecified atom stereocenters. The van der Waals surface area contributed by atoms with Gasteiger partial charge in [-0.25, -0.2) is 0 Å². The fourth-order valence-corrected chi connectivity index (χ4v) is 0.128. The van der Waals surface area contributed by atoms with Crippen LogP contribution in [0.3, 0.4) is 0 Å². The normalized spacial score (nSPS) is 5.78. The zero-order valence-corrected chi connectivity index (χ0v) is 7.46. The zero-order chi connectivity index (χ0) is 5.86. The molecule has 0 spiro atoms. The third-order valence-corrected chi connectivity index (χ3v) is 0.667. The summed E-state index contributed by atoms with van der Waals surface area (Å²) in [6.45, 7) is 0. The van der Waals surface area contributed by atoms with Crippen molar-refractivity contribution in [2.24, 2.45) is 0 Å². The zero-order valence-electron chi connectivity index (χ0n) is 4.62. The van der Waals surface area contributed by atoms with Crippen molar-refractivity contribution < 1.29 is 32.7 Å². The monoisotopic (exact) mass is 182 g/mol. The average molecular weight is 181 g/mol. The SMILES string of the molecule is C.[B][B]B([B])B([B])[B].[Y]. The molecule has 0 amide bonds. The van der Waals surface area contributed by atoms with Crippen LogP contribution in [-0.4, -0.2) is 50.8 Å². The second kappa shape index (κ2) is 9.56. The molecular formula is CH4B7Y. The molecule has 10 radical (unpaired) electrons. The molecule has 0 rings (SSSR count). The third-order valence-electron chi connectivity index (χ3n) is 0.667. The van der Waals surface area contributed by atoms with Crippen molar-refractivity contribution in [3.8, 4) is 0 Å². The van der Waals surface area contributed by atoms with Crippen LogP contribution in [0.1, 0.15) is 7.43 Å². The van der Waals surface area contributed by atoms with Crippen LogP contribution >= 0.6 is 0 Å². The average Bonchev–Trinajstić information content (AvgIpc) is 1.65. The molecule has 0 bridgehead atoms. The Morgan fingerprint density at radius 1 is 1.11 bits per heavy atom. The minimum Gasteiger partial charge on any atom is -0.0776 e. The summed E-state index contributed by atoms with van der Waals surface area (Å²) in [5.41, 5.74) is 0. The predicted molar refractivity (Wildman–Crippen MR) is 47.0 cm³/mol. The molecule has 0 atom stereocenters. The largest absolute Gasteiger partial charge is 0.0776 e. The van der Waals surface area contributed by atoms with E-state index >= 15 is 0 Å². The van der Waals surface area contributed by atoms with Gasteiger partial charge in [-0.3, -0.25) is 0 Å². The molecule has 32 valence electrons. The molecule has 0 nitrogen and oxygen atoms in total. The first-order chi connectivity index (χ1) is 3.18. The molecule has 0 aliphatic heterocycles. The van der Waals surface area contributed by atoms with Gasteiger partial charge in [-0.05, 0) is 0 Å². The van der Waals surface area contributed by atoms with Gasteiger partial charge >= 0.3 is 0 Å². The predicted octanol–water partition coefficient (Wildman–Crippen LogP) is -2.03. The molecule has 9 heavy (non-hydrogen) atoms. The Labute approximate surface area is 90.3 Å². The molecule has 0 heterocycles. The maximum Gasteiger partial charge on any atom is 0 e. The maximum absolute atomic E-state index is 5.19. The summed E-state index contributed by atoms with van der Waals surface area (Å²) in [5, 5.41) is 0. The first-order valence-corrected chi connectivity index (χ1v) is 2.00. The van der Waals surface area contributed by atoms with E-state index in [4.69, 9.17) is 30.9 Å². The molecule has 0 aliphatic carbocycles. The van der Waals surface area contributed by atoms with Crippen molar-refractivity contribution in [3.05, 3.63) is 0 Å². The molecule has 0 fully saturated rings. The molecule has 0 aromatic carbocycles. The van der Waals surface area contributed by atoms with Crippen molar-refractivity contribution in [3.63, 3.8) is 0 Å². The second-order valence-corrected chi connectivity index (χ2v) is 1.35. The van der Waals surface area contributed by atoms with Gasteiger partial charge in [-0.15, -0.1) is 0 Å². The third kappa shape index (κ3) is 9.56. The van der Waals surface area contributed by atoms with Gasteiger partial charge in [0.05, 0.1) is 0 Å². The second-order valence-electron chi connectivity index (χ2n) is 1.35. The Hall–Kier alpha value is 1.56. The molecule has 0 N–H and O–H groups in total. The summed E-state index contributed by atoms with van der Waals surface area (Å²) in [6.07, 6.45) is -0.926. The van der Waals surface area contributed by atoms with E-state index in [1.54, 1.807) is 0 Å². The van der Waals surface area contributed by atoms with Crippen molar-refractivity contribution in [1.82, 2.24) is 0 Å². The van der Waals surface area contributed by atoms with Crippen molar-refractivity contribution in [2.75, 3.05) is 0 Å². The van der Waals surface area contributed by atoms with E-state index in [0.717, 1.165) is 0 Å². The summed E-state index contributed by atoms with van der Waals surface area (Å²) in [6, 6.07) is 0. The van der Waals surface area contributed by atoms with Gasteiger partial charge in [0.2, 0.25) is 0 Å². The van der Waals surface area contributed by atoms with Crippen LogP contribution in [0.15, 0.2) is 0 Å². The first-order valence-electron chi connectivity index (χ1n) is 2.00. The van der Waals surface area contributed by atoms with Gasteiger partial charge in [0.15, 0.2) is 0 Å². The van der Waals surface area contributed by atoms with Crippen molar-refractivity contribution in [1.29, 1.82) is 0 Å². The quantitative estimate of drug-likeness (QED) is 0.430.